The van der Waals surface area contributed by atoms with E-state index in [1.165, 1.54) is 6.08 Å². The van der Waals surface area contributed by atoms with Crippen LogP contribution in [-0.2, 0) is 9.59 Å². The molecule has 1 N–H and O–H groups in total. The van der Waals surface area contributed by atoms with Gasteiger partial charge in [-0.25, -0.2) is 0 Å². The third-order valence-corrected chi connectivity index (χ3v) is 0.942. The first-order valence-electron chi connectivity index (χ1n) is 2.24. The van der Waals surface area contributed by atoms with Gasteiger partial charge in [0.05, 0.1) is 0 Å². The Hall–Kier alpha value is -0.830. The van der Waals surface area contributed by atoms with Crippen LogP contribution in [0.25, 0.3) is 0 Å². The minimum absolute atomic E-state index is 0. The number of hydrogen-bond acceptors (Lipinski definition) is 2. The van der Waals surface area contributed by atoms with E-state index in [9.17, 15) is 9.59 Å². The summed E-state index contributed by atoms with van der Waals surface area (Å²) in [6.45, 7) is 1.60. The lowest BCUT2D eigenvalue weighted by Gasteiger charge is -1.84. The molecule has 2 amide bonds. The lowest BCUT2D eigenvalue weighted by Crippen LogP contribution is -2.21. The maximum atomic E-state index is 10.4. The van der Waals surface area contributed by atoms with Gasteiger partial charge in [0.25, 0.3) is 11.8 Å². The van der Waals surface area contributed by atoms with Crippen molar-refractivity contribution in [2.75, 3.05) is 0 Å². The molecule has 0 saturated heterocycles. The number of nitrogens with one attached hydrogen (secondary N) is 1. The molecule has 0 saturated carbocycles. The summed E-state index contributed by atoms with van der Waals surface area (Å²) in [5.41, 5.74) is 0.481. The first-order valence-corrected chi connectivity index (χ1v) is 2.24. The summed E-state index contributed by atoms with van der Waals surface area (Å²) in [6, 6.07) is 0. The Morgan fingerprint density at radius 3 is 2.11 bits per heavy atom. The third kappa shape index (κ3) is 1.54. The van der Waals surface area contributed by atoms with Crippen LogP contribution in [0.3, 0.4) is 0 Å². The van der Waals surface area contributed by atoms with Crippen LogP contribution in [0.2, 0.25) is 0 Å². The smallest absolute Gasteiger partial charge is 0.253 e. The molecule has 4 heteroatoms. The van der Waals surface area contributed by atoms with E-state index in [1.807, 2.05) is 0 Å². The summed E-state index contributed by atoms with van der Waals surface area (Å²) in [6.07, 6.45) is 1.28. The molecular weight excluding hydrogens is 142 g/mol. The van der Waals surface area contributed by atoms with E-state index in [1.54, 1.807) is 6.92 Å². The molecule has 0 fully saturated rings. The van der Waals surface area contributed by atoms with Crippen LogP contribution in [-0.4, -0.2) is 11.8 Å². The second-order valence-electron chi connectivity index (χ2n) is 1.65. The van der Waals surface area contributed by atoms with Gasteiger partial charge in [0.2, 0.25) is 0 Å². The monoisotopic (exact) mass is 147 g/mol. The van der Waals surface area contributed by atoms with E-state index in [2.05, 4.69) is 5.32 Å². The predicted octanol–water partition coefficient (Wildman–Crippen LogP) is 0.0109. The quantitative estimate of drug-likeness (QED) is 0.491. The van der Waals surface area contributed by atoms with E-state index >= 15 is 0 Å². The zero-order valence-electron chi connectivity index (χ0n) is 4.80. The van der Waals surface area contributed by atoms with E-state index in [0.29, 0.717) is 5.57 Å². The van der Waals surface area contributed by atoms with Crippen molar-refractivity contribution in [3.63, 3.8) is 0 Å². The Morgan fingerprint density at radius 1 is 1.44 bits per heavy atom. The molecule has 0 aliphatic carbocycles. The molecule has 0 bridgehead atoms. The minimum atomic E-state index is -0.312. The number of carbonyl (C=O) groups is 2. The van der Waals surface area contributed by atoms with Crippen LogP contribution in [0.5, 0.6) is 0 Å². The molecule has 0 spiro atoms. The molecule has 0 radical (unpaired) electrons. The molecular formula is C5H6ClNO2. The van der Waals surface area contributed by atoms with Gasteiger partial charge >= 0.3 is 0 Å². The molecule has 1 aliphatic rings. The Kier molecular flexibility index (Phi) is 2.40. The summed E-state index contributed by atoms with van der Waals surface area (Å²) in [5.74, 6) is -0.595. The van der Waals surface area contributed by atoms with Gasteiger partial charge < -0.3 is 0 Å². The lowest BCUT2D eigenvalue weighted by molar-refractivity contribution is -0.123. The Labute approximate surface area is 58.5 Å². The summed E-state index contributed by atoms with van der Waals surface area (Å²) >= 11 is 0. The molecule has 0 aromatic carbocycles. The van der Waals surface area contributed by atoms with Gasteiger partial charge in [-0.15, -0.1) is 12.4 Å². The molecule has 1 rings (SSSR count). The molecule has 50 valence electrons. The maximum Gasteiger partial charge on any atom is 0.253 e. The van der Waals surface area contributed by atoms with E-state index in [-0.39, 0.29) is 24.2 Å². The summed E-state index contributed by atoms with van der Waals surface area (Å²) in [4.78, 5) is 20.6. The van der Waals surface area contributed by atoms with Crippen molar-refractivity contribution in [1.82, 2.24) is 5.32 Å². The van der Waals surface area contributed by atoms with Crippen LogP contribution in [0.15, 0.2) is 11.6 Å². The number of carbonyl (C=O) groups excluding carboxylic acids is 2. The molecule has 0 unspecified atom stereocenters. The molecule has 1 heterocycles. The molecule has 0 atom stereocenters. The highest BCUT2D eigenvalue weighted by Crippen LogP contribution is 1.97. The Morgan fingerprint density at radius 2 is 2.00 bits per heavy atom. The highest BCUT2D eigenvalue weighted by molar-refractivity contribution is 6.15. The zero-order valence-corrected chi connectivity index (χ0v) is 5.62. The van der Waals surface area contributed by atoms with Gasteiger partial charge in [-0.3, -0.25) is 14.9 Å². The highest BCUT2D eigenvalue weighted by atomic mass is 35.5. The van der Waals surface area contributed by atoms with Crippen LogP contribution >= 0.6 is 12.4 Å². The number of halogens is 1. The SMILES string of the molecule is CC1=CC(=O)NC1=O.Cl. The van der Waals surface area contributed by atoms with Crippen molar-refractivity contribution in [2.24, 2.45) is 0 Å². The van der Waals surface area contributed by atoms with Gasteiger partial charge in [0.15, 0.2) is 0 Å². The average molecular weight is 148 g/mol. The largest absolute Gasteiger partial charge is 0.289 e. The second kappa shape index (κ2) is 2.64. The van der Waals surface area contributed by atoms with Crippen molar-refractivity contribution in [3.8, 4) is 0 Å². The first kappa shape index (κ1) is 8.17. The van der Waals surface area contributed by atoms with Crippen LogP contribution in [0.4, 0.5) is 0 Å². The molecule has 9 heavy (non-hydrogen) atoms. The summed E-state index contributed by atoms with van der Waals surface area (Å²) in [5, 5.41) is 2.10. The van der Waals surface area contributed by atoms with Gasteiger partial charge in [0.1, 0.15) is 0 Å². The minimum Gasteiger partial charge on any atom is -0.289 e. The summed E-state index contributed by atoms with van der Waals surface area (Å²) in [7, 11) is 0. The van der Waals surface area contributed by atoms with Gasteiger partial charge in [-0.2, -0.15) is 0 Å². The van der Waals surface area contributed by atoms with E-state index in [0.717, 1.165) is 0 Å². The number of hydrogen-bond donors (Lipinski definition) is 1. The van der Waals surface area contributed by atoms with E-state index < -0.39 is 0 Å². The topological polar surface area (TPSA) is 46.2 Å². The Bertz CT molecular complexity index is 185. The van der Waals surface area contributed by atoms with Gasteiger partial charge in [-0.1, -0.05) is 0 Å². The number of imide groups is 1. The standard InChI is InChI=1S/C5H5NO2.ClH/c1-3-2-4(7)6-5(3)8;/h2H,1H3,(H,6,7,8);1H. The first-order chi connectivity index (χ1) is 3.70. The highest BCUT2D eigenvalue weighted by Gasteiger charge is 2.15. The fraction of sp³-hybridized carbons (Fsp3) is 0.200. The number of amides is 2. The second-order valence-corrected chi connectivity index (χ2v) is 1.65. The van der Waals surface area contributed by atoms with Gasteiger partial charge in [0, 0.05) is 11.6 Å². The normalized spacial score (nSPS) is 16.3. The van der Waals surface area contributed by atoms with Crippen molar-refractivity contribution in [3.05, 3.63) is 11.6 Å². The third-order valence-electron chi connectivity index (χ3n) is 0.942. The maximum absolute atomic E-state index is 10.4. The fourth-order valence-corrected chi connectivity index (χ4v) is 0.509. The van der Waals surface area contributed by atoms with Crippen molar-refractivity contribution < 1.29 is 9.59 Å². The Balaban J connectivity index is 0.000000640. The zero-order chi connectivity index (χ0) is 6.15. The molecule has 1 aliphatic heterocycles. The number of rotatable bonds is 0. The average Bonchev–Trinajstić information content (AvgIpc) is 1.85. The van der Waals surface area contributed by atoms with Crippen molar-refractivity contribution in [1.29, 1.82) is 0 Å². The lowest BCUT2D eigenvalue weighted by atomic mass is 10.3. The molecule has 0 aromatic rings. The predicted molar refractivity (Wildman–Crippen MR) is 34.2 cm³/mol. The van der Waals surface area contributed by atoms with Crippen molar-refractivity contribution in [2.45, 2.75) is 6.92 Å². The summed E-state index contributed by atoms with van der Waals surface area (Å²) < 4.78 is 0. The van der Waals surface area contributed by atoms with Crippen LogP contribution in [0.1, 0.15) is 6.92 Å². The van der Waals surface area contributed by atoms with Crippen molar-refractivity contribution >= 4 is 24.2 Å². The fourth-order valence-electron chi connectivity index (χ4n) is 0.509. The molecule has 0 aromatic heterocycles. The van der Waals surface area contributed by atoms with E-state index in [4.69, 9.17) is 0 Å². The van der Waals surface area contributed by atoms with Crippen LogP contribution in [0, 0.1) is 0 Å². The van der Waals surface area contributed by atoms with Gasteiger partial charge in [-0.05, 0) is 6.92 Å². The van der Waals surface area contributed by atoms with Crippen LogP contribution < -0.4 is 5.32 Å². The molecule has 3 nitrogen and oxygen atoms in total.